The van der Waals surface area contributed by atoms with Gasteiger partial charge in [0.15, 0.2) is 0 Å². The van der Waals surface area contributed by atoms with E-state index in [0.29, 0.717) is 5.13 Å². The third kappa shape index (κ3) is 2.94. The first-order valence-electron chi connectivity index (χ1n) is 9.06. The Morgan fingerprint density at radius 1 is 0.750 bits per heavy atom. The molecule has 3 nitrogen and oxygen atoms in total. The zero-order valence-corrected chi connectivity index (χ0v) is 15.9. The molecule has 4 heteroatoms. The molecular formula is C24H17N3S. The fraction of sp³-hybridized carbons (Fsp3) is 0. The first kappa shape index (κ1) is 16.7. The lowest BCUT2D eigenvalue weighted by molar-refractivity contribution is 1.08. The van der Waals surface area contributed by atoms with Crippen molar-refractivity contribution in [3.63, 3.8) is 0 Å². The van der Waals surface area contributed by atoms with Gasteiger partial charge in [0.1, 0.15) is 5.01 Å². The van der Waals surface area contributed by atoms with Crippen LogP contribution in [0, 0.1) is 0 Å². The van der Waals surface area contributed by atoms with Crippen molar-refractivity contribution in [2.24, 2.45) is 0 Å². The lowest BCUT2D eigenvalue weighted by Gasteiger charge is -2.11. The highest BCUT2D eigenvalue weighted by Gasteiger charge is 2.13. The van der Waals surface area contributed by atoms with Crippen molar-refractivity contribution >= 4 is 49.7 Å². The van der Waals surface area contributed by atoms with Crippen LogP contribution >= 0.6 is 11.3 Å². The first-order chi connectivity index (χ1) is 13.8. The Morgan fingerprint density at radius 2 is 1.36 bits per heavy atom. The number of benzene rings is 4. The Morgan fingerprint density at radius 3 is 1.96 bits per heavy atom. The summed E-state index contributed by atoms with van der Waals surface area (Å²) in [6.07, 6.45) is 2.22. The molecule has 5 rings (SSSR count). The van der Waals surface area contributed by atoms with Gasteiger partial charge in [-0.2, -0.15) is 0 Å². The molecule has 4 aromatic carbocycles. The van der Waals surface area contributed by atoms with Crippen molar-refractivity contribution in [3.8, 4) is 0 Å². The van der Waals surface area contributed by atoms with E-state index in [0.717, 1.165) is 16.1 Å². The van der Waals surface area contributed by atoms with Crippen LogP contribution in [-0.4, -0.2) is 10.2 Å². The summed E-state index contributed by atoms with van der Waals surface area (Å²) in [7, 11) is 0. The SMILES string of the molecule is Nc1nnc(/C(=C/c2c3ccccc3cc3ccccc23)c2ccccc2)s1. The largest absolute Gasteiger partial charge is 0.374 e. The standard InChI is InChI=1S/C24H17N3S/c25-24-27-26-23(28-24)21(16-8-2-1-3-9-16)15-22-19-12-6-4-10-17(19)14-18-11-5-7-13-20(18)22/h1-15H,(H2,25,27)/b21-15+. The quantitative estimate of drug-likeness (QED) is 0.308. The Labute approximate surface area is 166 Å². The second-order valence-corrected chi connectivity index (χ2v) is 7.61. The number of aromatic nitrogens is 2. The maximum atomic E-state index is 5.89. The van der Waals surface area contributed by atoms with E-state index >= 15 is 0 Å². The smallest absolute Gasteiger partial charge is 0.203 e. The average Bonchev–Trinajstić information content (AvgIpc) is 3.17. The topological polar surface area (TPSA) is 51.8 Å². The summed E-state index contributed by atoms with van der Waals surface area (Å²) in [5.74, 6) is 0. The normalized spacial score (nSPS) is 11.9. The predicted molar refractivity (Wildman–Crippen MR) is 119 cm³/mol. The molecule has 1 aromatic heterocycles. The van der Waals surface area contributed by atoms with Gasteiger partial charge in [-0.1, -0.05) is 90.2 Å². The van der Waals surface area contributed by atoms with Gasteiger partial charge in [0, 0.05) is 5.57 Å². The summed E-state index contributed by atoms with van der Waals surface area (Å²) in [5, 5.41) is 14.5. The lowest BCUT2D eigenvalue weighted by atomic mass is 9.94. The van der Waals surface area contributed by atoms with Gasteiger partial charge >= 0.3 is 0 Å². The fourth-order valence-corrected chi connectivity index (χ4v) is 4.23. The molecule has 28 heavy (non-hydrogen) atoms. The van der Waals surface area contributed by atoms with Crippen molar-refractivity contribution in [3.05, 3.63) is 101 Å². The number of nitrogens with zero attached hydrogens (tertiary/aromatic N) is 2. The van der Waals surface area contributed by atoms with Crippen LogP contribution < -0.4 is 5.73 Å². The number of nitrogen functional groups attached to an aromatic ring is 1. The van der Waals surface area contributed by atoms with E-state index in [9.17, 15) is 0 Å². The van der Waals surface area contributed by atoms with Gasteiger partial charge in [-0.25, -0.2) is 0 Å². The second-order valence-electron chi connectivity index (χ2n) is 6.60. The Kier molecular flexibility index (Phi) is 4.11. The van der Waals surface area contributed by atoms with Gasteiger partial charge in [-0.3, -0.25) is 0 Å². The van der Waals surface area contributed by atoms with Crippen LogP contribution in [0.15, 0.2) is 84.9 Å². The molecule has 0 spiro atoms. The van der Waals surface area contributed by atoms with Crippen molar-refractivity contribution in [2.75, 3.05) is 5.73 Å². The molecule has 0 saturated heterocycles. The summed E-state index contributed by atoms with van der Waals surface area (Å²) < 4.78 is 0. The molecule has 0 bridgehead atoms. The Hall–Kier alpha value is -3.50. The van der Waals surface area contributed by atoms with Crippen LogP contribution in [0.1, 0.15) is 16.1 Å². The minimum absolute atomic E-state index is 0.472. The minimum atomic E-state index is 0.472. The van der Waals surface area contributed by atoms with Crippen molar-refractivity contribution in [2.45, 2.75) is 0 Å². The summed E-state index contributed by atoms with van der Waals surface area (Å²) in [5.41, 5.74) is 9.19. The van der Waals surface area contributed by atoms with E-state index in [1.807, 2.05) is 18.2 Å². The highest BCUT2D eigenvalue weighted by atomic mass is 32.1. The molecule has 0 aliphatic heterocycles. The van der Waals surface area contributed by atoms with Gasteiger partial charge in [-0.05, 0) is 44.8 Å². The van der Waals surface area contributed by atoms with Gasteiger partial charge in [0.25, 0.3) is 0 Å². The number of rotatable bonds is 3. The number of fused-ring (bicyclic) bond motifs is 2. The summed E-state index contributed by atoms with van der Waals surface area (Å²) in [6.45, 7) is 0. The van der Waals surface area contributed by atoms with E-state index in [1.165, 1.54) is 38.4 Å². The molecular weight excluding hydrogens is 362 g/mol. The van der Waals surface area contributed by atoms with Gasteiger partial charge in [-0.15, -0.1) is 10.2 Å². The molecule has 0 aliphatic carbocycles. The highest BCUT2D eigenvalue weighted by Crippen LogP contribution is 2.35. The monoisotopic (exact) mass is 379 g/mol. The molecule has 0 unspecified atom stereocenters. The fourth-order valence-electron chi connectivity index (χ4n) is 3.58. The summed E-state index contributed by atoms with van der Waals surface area (Å²) in [6, 6.07) is 29.5. The van der Waals surface area contributed by atoms with E-state index in [2.05, 4.69) is 83.0 Å². The highest BCUT2D eigenvalue weighted by molar-refractivity contribution is 7.16. The zero-order chi connectivity index (χ0) is 18.9. The number of anilines is 1. The van der Waals surface area contributed by atoms with E-state index in [4.69, 9.17) is 5.73 Å². The zero-order valence-electron chi connectivity index (χ0n) is 15.0. The third-order valence-corrected chi connectivity index (χ3v) is 5.64. The molecule has 0 radical (unpaired) electrons. The van der Waals surface area contributed by atoms with Crippen LogP contribution in [0.3, 0.4) is 0 Å². The van der Waals surface area contributed by atoms with Crippen molar-refractivity contribution < 1.29 is 0 Å². The van der Waals surface area contributed by atoms with E-state index < -0.39 is 0 Å². The minimum Gasteiger partial charge on any atom is -0.374 e. The molecule has 5 aromatic rings. The molecule has 0 amide bonds. The Bertz CT molecular complexity index is 1270. The maximum absolute atomic E-state index is 5.89. The predicted octanol–water partition coefficient (Wildman–Crippen LogP) is 6.02. The van der Waals surface area contributed by atoms with Crippen molar-refractivity contribution in [1.29, 1.82) is 0 Å². The molecule has 0 saturated carbocycles. The molecule has 0 fully saturated rings. The lowest BCUT2D eigenvalue weighted by Crippen LogP contribution is -1.90. The van der Waals surface area contributed by atoms with Crippen LogP contribution in [0.2, 0.25) is 0 Å². The van der Waals surface area contributed by atoms with Gasteiger partial charge in [0.05, 0.1) is 0 Å². The molecule has 0 atom stereocenters. The molecule has 134 valence electrons. The van der Waals surface area contributed by atoms with Crippen molar-refractivity contribution in [1.82, 2.24) is 10.2 Å². The second kappa shape index (κ2) is 6.91. The van der Waals surface area contributed by atoms with Gasteiger partial charge in [0.2, 0.25) is 5.13 Å². The van der Waals surface area contributed by atoms with Crippen LogP contribution in [-0.2, 0) is 0 Å². The molecule has 0 aliphatic rings. The maximum Gasteiger partial charge on any atom is 0.203 e. The number of nitrogens with two attached hydrogens (primary N) is 1. The van der Waals surface area contributed by atoms with E-state index in [1.54, 1.807) is 0 Å². The first-order valence-corrected chi connectivity index (χ1v) is 9.88. The number of hydrogen-bond donors (Lipinski definition) is 1. The number of hydrogen-bond acceptors (Lipinski definition) is 4. The van der Waals surface area contributed by atoms with Crippen LogP contribution in [0.5, 0.6) is 0 Å². The summed E-state index contributed by atoms with van der Waals surface area (Å²) >= 11 is 1.41. The molecule has 2 N–H and O–H groups in total. The Balaban J connectivity index is 1.87. The third-order valence-electron chi connectivity index (χ3n) is 4.86. The molecule has 1 heterocycles. The van der Waals surface area contributed by atoms with Gasteiger partial charge < -0.3 is 5.73 Å². The van der Waals surface area contributed by atoms with Crippen LogP contribution in [0.4, 0.5) is 5.13 Å². The van der Waals surface area contributed by atoms with E-state index in [-0.39, 0.29) is 0 Å². The average molecular weight is 379 g/mol. The summed E-state index contributed by atoms with van der Waals surface area (Å²) in [4.78, 5) is 0. The van der Waals surface area contributed by atoms with Crippen LogP contribution in [0.25, 0.3) is 33.2 Å².